The summed E-state index contributed by atoms with van der Waals surface area (Å²) in [5, 5.41) is 5.58. The normalized spacial score (nSPS) is 10.3. The molecule has 0 aliphatic rings. The van der Waals surface area contributed by atoms with E-state index in [0.29, 0.717) is 17.8 Å². The minimum Gasteiger partial charge on any atom is -0.352 e. The predicted molar refractivity (Wildman–Crippen MR) is 91.5 cm³/mol. The molecule has 25 heavy (non-hydrogen) atoms. The summed E-state index contributed by atoms with van der Waals surface area (Å²) >= 11 is 0. The second-order valence-electron chi connectivity index (χ2n) is 5.38. The van der Waals surface area contributed by atoms with Crippen LogP contribution in [0.3, 0.4) is 0 Å². The van der Waals surface area contributed by atoms with Gasteiger partial charge in [0.25, 0.3) is 5.91 Å². The summed E-state index contributed by atoms with van der Waals surface area (Å²) in [5.74, 6) is -1.67. The Morgan fingerprint density at radius 1 is 1.00 bits per heavy atom. The van der Waals surface area contributed by atoms with Gasteiger partial charge in [0.05, 0.1) is 23.1 Å². The number of aromatic nitrogens is 1. The number of pyridine rings is 1. The summed E-state index contributed by atoms with van der Waals surface area (Å²) in [6, 6.07) is 14.3. The van der Waals surface area contributed by atoms with Crippen molar-refractivity contribution in [2.45, 2.75) is 6.54 Å². The minimum absolute atomic E-state index is 0.102. The average molecular weight is 339 g/mol. The number of anilines is 2. The summed E-state index contributed by atoms with van der Waals surface area (Å²) in [5.41, 5.74) is 1.85. The third kappa shape index (κ3) is 4.38. The molecule has 6 heteroatoms. The van der Waals surface area contributed by atoms with Gasteiger partial charge >= 0.3 is 0 Å². The van der Waals surface area contributed by atoms with E-state index < -0.39 is 11.6 Å². The molecule has 1 amide bonds. The smallest absolute Gasteiger partial charge is 0.253 e. The highest BCUT2D eigenvalue weighted by Gasteiger charge is 2.09. The van der Waals surface area contributed by atoms with Crippen molar-refractivity contribution in [3.05, 3.63) is 89.8 Å². The Morgan fingerprint density at radius 3 is 2.56 bits per heavy atom. The Bertz CT molecular complexity index is 885. The topological polar surface area (TPSA) is 54.0 Å². The van der Waals surface area contributed by atoms with Crippen molar-refractivity contribution in [2.24, 2.45) is 0 Å². The third-order valence-electron chi connectivity index (χ3n) is 3.51. The predicted octanol–water partition coefficient (Wildman–Crippen LogP) is 4.03. The van der Waals surface area contributed by atoms with E-state index in [4.69, 9.17) is 0 Å². The molecule has 0 aliphatic carbocycles. The number of hydrogen-bond donors (Lipinski definition) is 2. The van der Waals surface area contributed by atoms with E-state index in [1.54, 1.807) is 6.07 Å². The summed E-state index contributed by atoms with van der Waals surface area (Å²) in [6.07, 6.45) is 2.88. The van der Waals surface area contributed by atoms with Crippen LogP contribution in [0.5, 0.6) is 0 Å². The molecule has 1 heterocycles. The van der Waals surface area contributed by atoms with E-state index >= 15 is 0 Å². The Hall–Kier alpha value is -3.28. The van der Waals surface area contributed by atoms with E-state index in [0.717, 1.165) is 17.7 Å². The van der Waals surface area contributed by atoms with Crippen molar-refractivity contribution >= 4 is 17.3 Å². The van der Waals surface area contributed by atoms with Gasteiger partial charge in [-0.2, -0.15) is 0 Å². The first-order chi connectivity index (χ1) is 12.1. The van der Waals surface area contributed by atoms with Crippen molar-refractivity contribution in [1.82, 2.24) is 10.3 Å². The standard InChI is InChI=1S/C19H15F2N3O/c20-15-6-7-18(17(21)9-15)24-16-8-14(11-22-12-16)19(25)23-10-13-4-2-1-3-5-13/h1-9,11-12,24H,10H2,(H,23,25). The van der Waals surface area contributed by atoms with E-state index in [1.165, 1.54) is 18.5 Å². The lowest BCUT2D eigenvalue weighted by atomic mass is 10.2. The zero-order valence-electron chi connectivity index (χ0n) is 13.2. The second-order valence-corrected chi connectivity index (χ2v) is 5.38. The fourth-order valence-corrected chi connectivity index (χ4v) is 2.26. The van der Waals surface area contributed by atoms with Crippen molar-refractivity contribution < 1.29 is 13.6 Å². The maximum absolute atomic E-state index is 13.7. The molecular formula is C19H15F2N3O. The Morgan fingerprint density at radius 2 is 1.80 bits per heavy atom. The van der Waals surface area contributed by atoms with E-state index in [1.807, 2.05) is 30.3 Å². The first kappa shape index (κ1) is 16.6. The highest BCUT2D eigenvalue weighted by molar-refractivity contribution is 5.94. The van der Waals surface area contributed by atoms with Gasteiger partial charge in [-0.25, -0.2) is 8.78 Å². The van der Waals surface area contributed by atoms with E-state index in [9.17, 15) is 13.6 Å². The molecule has 0 aliphatic heterocycles. The van der Waals surface area contributed by atoms with Gasteiger partial charge in [0.15, 0.2) is 0 Å². The van der Waals surface area contributed by atoms with Crippen LogP contribution in [0.25, 0.3) is 0 Å². The maximum Gasteiger partial charge on any atom is 0.253 e. The number of carbonyl (C=O) groups is 1. The quantitative estimate of drug-likeness (QED) is 0.738. The lowest BCUT2D eigenvalue weighted by Crippen LogP contribution is -2.23. The molecule has 3 aromatic rings. The van der Waals surface area contributed by atoms with Crippen LogP contribution in [0, 0.1) is 11.6 Å². The number of rotatable bonds is 5. The number of halogens is 2. The highest BCUT2D eigenvalue weighted by Crippen LogP contribution is 2.20. The molecule has 126 valence electrons. The number of amides is 1. The number of nitrogens with zero attached hydrogens (tertiary/aromatic N) is 1. The van der Waals surface area contributed by atoms with Gasteiger partial charge in [0, 0.05) is 18.8 Å². The van der Waals surface area contributed by atoms with Crippen LogP contribution in [0.1, 0.15) is 15.9 Å². The van der Waals surface area contributed by atoms with Gasteiger partial charge in [-0.3, -0.25) is 9.78 Å². The van der Waals surface area contributed by atoms with Gasteiger partial charge in [-0.1, -0.05) is 30.3 Å². The van der Waals surface area contributed by atoms with Gasteiger partial charge in [0.1, 0.15) is 11.6 Å². The van der Waals surface area contributed by atoms with Crippen LogP contribution < -0.4 is 10.6 Å². The van der Waals surface area contributed by atoms with Crippen LogP contribution in [0.4, 0.5) is 20.2 Å². The molecule has 0 bridgehead atoms. The zero-order chi connectivity index (χ0) is 17.6. The zero-order valence-corrected chi connectivity index (χ0v) is 13.2. The van der Waals surface area contributed by atoms with Crippen LogP contribution in [0.2, 0.25) is 0 Å². The molecular weight excluding hydrogens is 324 g/mol. The third-order valence-corrected chi connectivity index (χ3v) is 3.51. The molecule has 2 aromatic carbocycles. The molecule has 0 radical (unpaired) electrons. The second kappa shape index (κ2) is 7.53. The van der Waals surface area contributed by atoms with Crippen molar-refractivity contribution in [2.75, 3.05) is 5.32 Å². The Labute approximate surface area is 143 Å². The number of carbonyl (C=O) groups excluding carboxylic acids is 1. The summed E-state index contributed by atoms with van der Waals surface area (Å²) < 4.78 is 26.6. The number of nitrogens with one attached hydrogen (secondary N) is 2. The molecule has 0 atom stereocenters. The molecule has 3 rings (SSSR count). The summed E-state index contributed by atoms with van der Waals surface area (Å²) in [6.45, 7) is 0.393. The minimum atomic E-state index is -0.723. The van der Waals surface area contributed by atoms with E-state index in [-0.39, 0.29) is 11.6 Å². The molecule has 1 aromatic heterocycles. The summed E-state index contributed by atoms with van der Waals surface area (Å²) in [7, 11) is 0. The lowest BCUT2D eigenvalue weighted by Gasteiger charge is -2.09. The SMILES string of the molecule is O=C(NCc1ccccc1)c1cncc(Nc2ccc(F)cc2F)c1. The van der Waals surface area contributed by atoms with E-state index in [2.05, 4.69) is 15.6 Å². The maximum atomic E-state index is 13.7. The van der Waals surface area contributed by atoms with Crippen LogP contribution in [-0.2, 0) is 6.54 Å². The average Bonchev–Trinajstić information content (AvgIpc) is 2.63. The van der Waals surface area contributed by atoms with Gasteiger partial charge in [0.2, 0.25) is 0 Å². The lowest BCUT2D eigenvalue weighted by molar-refractivity contribution is 0.0950. The first-order valence-electron chi connectivity index (χ1n) is 7.61. The first-order valence-corrected chi connectivity index (χ1v) is 7.61. The summed E-state index contributed by atoms with van der Waals surface area (Å²) in [4.78, 5) is 16.2. The fourth-order valence-electron chi connectivity index (χ4n) is 2.26. The fraction of sp³-hybridized carbons (Fsp3) is 0.0526. The van der Waals surface area contributed by atoms with Crippen molar-refractivity contribution in [3.63, 3.8) is 0 Å². The van der Waals surface area contributed by atoms with Crippen molar-refractivity contribution in [3.8, 4) is 0 Å². The Balaban J connectivity index is 1.69. The highest BCUT2D eigenvalue weighted by atomic mass is 19.1. The molecule has 0 fully saturated rings. The van der Waals surface area contributed by atoms with Gasteiger partial charge < -0.3 is 10.6 Å². The van der Waals surface area contributed by atoms with Gasteiger partial charge in [-0.05, 0) is 23.8 Å². The van der Waals surface area contributed by atoms with Crippen LogP contribution in [0.15, 0.2) is 67.0 Å². The molecule has 0 saturated heterocycles. The van der Waals surface area contributed by atoms with Crippen LogP contribution in [-0.4, -0.2) is 10.9 Å². The molecule has 2 N–H and O–H groups in total. The molecule has 0 unspecified atom stereocenters. The monoisotopic (exact) mass is 339 g/mol. The van der Waals surface area contributed by atoms with Crippen LogP contribution >= 0.6 is 0 Å². The largest absolute Gasteiger partial charge is 0.352 e. The molecule has 0 saturated carbocycles. The Kier molecular flexibility index (Phi) is 4.99. The number of benzene rings is 2. The van der Waals surface area contributed by atoms with Crippen molar-refractivity contribution in [1.29, 1.82) is 0 Å². The molecule has 0 spiro atoms. The number of hydrogen-bond acceptors (Lipinski definition) is 3. The van der Waals surface area contributed by atoms with Gasteiger partial charge in [-0.15, -0.1) is 0 Å². The molecule has 4 nitrogen and oxygen atoms in total.